The first-order valence-corrected chi connectivity index (χ1v) is 7.11. The van der Waals surface area contributed by atoms with Gasteiger partial charge in [0.1, 0.15) is 0 Å². The van der Waals surface area contributed by atoms with E-state index in [0.717, 1.165) is 12.2 Å². The minimum atomic E-state index is 0.423. The summed E-state index contributed by atoms with van der Waals surface area (Å²) in [5.74, 6) is 0. The van der Waals surface area contributed by atoms with Gasteiger partial charge in [-0.25, -0.2) is 0 Å². The summed E-state index contributed by atoms with van der Waals surface area (Å²) in [6, 6.07) is 2.73. The van der Waals surface area contributed by atoms with Crippen LogP contribution in [-0.4, -0.2) is 28.5 Å². The van der Waals surface area contributed by atoms with Crippen LogP contribution in [0.15, 0.2) is 12.3 Å². The second kappa shape index (κ2) is 6.90. The Bertz CT molecular complexity index is 343. The molecule has 1 aromatic rings. The molecule has 0 saturated heterocycles. The van der Waals surface area contributed by atoms with E-state index in [9.17, 15) is 0 Å². The summed E-state index contributed by atoms with van der Waals surface area (Å²) in [5.41, 5.74) is 1.03. The maximum absolute atomic E-state index is 5.93. The Morgan fingerprint density at radius 3 is 2.78 bits per heavy atom. The summed E-state index contributed by atoms with van der Waals surface area (Å²) < 4.78 is 7.76. The van der Waals surface area contributed by atoms with Crippen LogP contribution in [0.4, 0.5) is 0 Å². The highest BCUT2D eigenvalue weighted by molar-refractivity contribution is 4.96. The Morgan fingerprint density at radius 1 is 1.39 bits per heavy atom. The number of ether oxygens (including phenoxy) is 1. The number of aromatic nitrogens is 2. The normalized spacial score (nSPS) is 24.3. The molecule has 0 unspecified atom stereocenters. The molecule has 0 spiro atoms. The molecular formula is C14H25N3O. The molecule has 0 aromatic carbocycles. The molecule has 2 rings (SSSR count). The number of nitrogens with zero attached hydrogens (tertiary/aromatic N) is 2. The van der Waals surface area contributed by atoms with Crippen molar-refractivity contribution in [1.82, 2.24) is 15.1 Å². The van der Waals surface area contributed by atoms with Crippen molar-refractivity contribution in [3.8, 4) is 0 Å². The fraction of sp³-hybridized carbons (Fsp3) is 0.786. The summed E-state index contributed by atoms with van der Waals surface area (Å²) >= 11 is 0. The number of rotatable bonds is 6. The Balaban J connectivity index is 1.64. The van der Waals surface area contributed by atoms with E-state index in [1.807, 2.05) is 24.0 Å². The maximum Gasteiger partial charge on any atom is 0.0910 e. The molecular weight excluding hydrogens is 226 g/mol. The topological polar surface area (TPSA) is 39.1 Å². The first kappa shape index (κ1) is 13.6. The van der Waals surface area contributed by atoms with Gasteiger partial charge in [-0.3, -0.25) is 4.68 Å². The number of hydrogen-bond donors (Lipinski definition) is 1. The van der Waals surface area contributed by atoms with E-state index in [2.05, 4.69) is 17.3 Å². The van der Waals surface area contributed by atoms with E-state index >= 15 is 0 Å². The van der Waals surface area contributed by atoms with Crippen LogP contribution >= 0.6 is 0 Å². The summed E-state index contributed by atoms with van der Waals surface area (Å²) in [6.45, 7) is 4.01. The molecule has 18 heavy (non-hydrogen) atoms. The zero-order valence-electron chi connectivity index (χ0n) is 11.6. The van der Waals surface area contributed by atoms with E-state index < -0.39 is 0 Å². The van der Waals surface area contributed by atoms with Crippen LogP contribution < -0.4 is 5.32 Å². The second-order valence-electron chi connectivity index (χ2n) is 5.22. The van der Waals surface area contributed by atoms with Gasteiger partial charge >= 0.3 is 0 Å². The van der Waals surface area contributed by atoms with Crippen LogP contribution in [0.3, 0.4) is 0 Å². The Kier molecular flexibility index (Phi) is 5.20. The standard InChI is InChI=1S/C14H25N3O/c1-3-9-15-12-4-6-14(7-5-12)18-11-13-8-10-17(2)16-13/h8,10,12,14-15H,3-7,9,11H2,1-2H3. The lowest BCUT2D eigenvalue weighted by Gasteiger charge is -2.29. The minimum absolute atomic E-state index is 0.423. The molecule has 0 aliphatic heterocycles. The molecule has 0 bridgehead atoms. The lowest BCUT2D eigenvalue weighted by molar-refractivity contribution is 0.00966. The molecule has 0 amide bonds. The molecule has 1 fully saturated rings. The number of nitrogens with one attached hydrogen (secondary N) is 1. The molecule has 1 heterocycles. The summed E-state index contributed by atoms with van der Waals surface area (Å²) in [6.07, 6.45) is 8.44. The summed E-state index contributed by atoms with van der Waals surface area (Å²) in [7, 11) is 1.94. The van der Waals surface area contributed by atoms with Crippen LogP contribution in [0.1, 0.15) is 44.7 Å². The van der Waals surface area contributed by atoms with Gasteiger partial charge in [-0.2, -0.15) is 5.10 Å². The van der Waals surface area contributed by atoms with E-state index in [4.69, 9.17) is 4.74 Å². The van der Waals surface area contributed by atoms with Gasteiger partial charge in [-0.05, 0) is 44.7 Å². The predicted molar refractivity (Wildman–Crippen MR) is 72.3 cm³/mol. The SMILES string of the molecule is CCCNC1CCC(OCc2ccn(C)n2)CC1. The molecule has 1 N–H and O–H groups in total. The quantitative estimate of drug-likeness (QED) is 0.843. The minimum Gasteiger partial charge on any atom is -0.372 e. The monoisotopic (exact) mass is 251 g/mol. The third-order valence-corrected chi connectivity index (χ3v) is 3.59. The molecule has 0 radical (unpaired) electrons. The second-order valence-corrected chi connectivity index (χ2v) is 5.22. The van der Waals surface area contributed by atoms with Crippen molar-refractivity contribution in [1.29, 1.82) is 0 Å². The average molecular weight is 251 g/mol. The molecule has 4 heteroatoms. The van der Waals surface area contributed by atoms with Crippen LogP contribution in [0.2, 0.25) is 0 Å². The van der Waals surface area contributed by atoms with E-state index in [-0.39, 0.29) is 0 Å². The highest BCUT2D eigenvalue weighted by Crippen LogP contribution is 2.22. The van der Waals surface area contributed by atoms with Crippen molar-refractivity contribution in [2.24, 2.45) is 7.05 Å². The largest absolute Gasteiger partial charge is 0.372 e. The van der Waals surface area contributed by atoms with Crippen molar-refractivity contribution in [3.05, 3.63) is 18.0 Å². The molecule has 1 saturated carbocycles. The van der Waals surface area contributed by atoms with E-state index in [0.29, 0.717) is 18.8 Å². The Hall–Kier alpha value is -0.870. The molecule has 1 aromatic heterocycles. The fourth-order valence-electron chi connectivity index (χ4n) is 2.53. The summed E-state index contributed by atoms with van der Waals surface area (Å²) in [4.78, 5) is 0. The fourth-order valence-corrected chi connectivity index (χ4v) is 2.53. The van der Waals surface area contributed by atoms with Crippen molar-refractivity contribution in [2.75, 3.05) is 6.54 Å². The molecule has 1 aliphatic carbocycles. The van der Waals surface area contributed by atoms with Gasteiger partial charge < -0.3 is 10.1 Å². The number of aryl methyl sites for hydroxylation is 1. The van der Waals surface area contributed by atoms with Crippen molar-refractivity contribution in [2.45, 2.75) is 57.8 Å². The third kappa shape index (κ3) is 4.10. The first-order chi connectivity index (χ1) is 8.78. The third-order valence-electron chi connectivity index (χ3n) is 3.59. The maximum atomic E-state index is 5.93. The van der Waals surface area contributed by atoms with Gasteiger partial charge in [-0.15, -0.1) is 0 Å². The summed E-state index contributed by atoms with van der Waals surface area (Å²) in [5, 5.41) is 7.93. The smallest absolute Gasteiger partial charge is 0.0910 e. The van der Waals surface area contributed by atoms with Gasteiger partial charge in [0.05, 0.1) is 18.4 Å². The van der Waals surface area contributed by atoms with Crippen molar-refractivity contribution < 1.29 is 4.74 Å². The van der Waals surface area contributed by atoms with Gasteiger partial charge in [0, 0.05) is 19.3 Å². The van der Waals surface area contributed by atoms with Gasteiger partial charge in [0.25, 0.3) is 0 Å². The lowest BCUT2D eigenvalue weighted by Crippen LogP contribution is -2.35. The van der Waals surface area contributed by atoms with Crippen LogP contribution in [0, 0.1) is 0 Å². The van der Waals surface area contributed by atoms with Gasteiger partial charge in [0.2, 0.25) is 0 Å². The van der Waals surface area contributed by atoms with Crippen LogP contribution in [0.5, 0.6) is 0 Å². The van der Waals surface area contributed by atoms with Crippen molar-refractivity contribution >= 4 is 0 Å². The average Bonchev–Trinajstić information content (AvgIpc) is 2.81. The van der Waals surface area contributed by atoms with Crippen molar-refractivity contribution in [3.63, 3.8) is 0 Å². The zero-order chi connectivity index (χ0) is 12.8. The zero-order valence-corrected chi connectivity index (χ0v) is 11.6. The van der Waals surface area contributed by atoms with E-state index in [1.165, 1.54) is 32.1 Å². The Labute approximate surface area is 110 Å². The molecule has 4 nitrogen and oxygen atoms in total. The van der Waals surface area contributed by atoms with Crippen LogP contribution in [-0.2, 0) is 18.4 Å². The number of hydrogen-bond acceptors (Lipinski definition) is 3. The predicted octanol–water partition coefficient (Wildman–Crippen LogP) is 2.25. The highest BCUT2D eigenvalue weighted by atomic mass is 16.5. The molecule has 102 valence electrons. The molecule has 1 aliphatic rings. The molecule has 0 atom stereocenters. The highest BCUT2D eigenvalue weighted by Gasteiger charge is 2.21. The van der Waals surface area contributed by atoms with Crippen LogP contribution in [0.25, 0.3) is 0 Å². The first-order valence-electron chi connectivity index (χ1n) is 7.11. The Morgan fingerprint density at radius 2 is 2.17 bits per heavy atom. The van der Waals surface area contributed by atoms with E-state index in [1.54, 1.807) is 0 Å². The van der Waals surface area contributed by atoms with Gasteiger partial charge in [0.15, 0.2) is 0 Å². The van der Waals surface area contributed by atoms with Gasteiger partial charge in [-0.1, -0.05) is 6.92 Å². The lowest BCUT2D eigenvalue weighted by atomic mass is 9.93.